The summed E-state index contributed by atoms with van der Waals surface area (Å²) in [5.74, 6) is -2.13. The van der Waals surface area contributed by atoms with Crippen LogP contribution in [-0.2, 0) is 27.3 Å². The second-order valence-corrected chi connectivity index (χ2v) is 7.98. The summed E-state index contributed by atoms with van der Waals surface area (Å²) in [5, 5.41) is 18.9. The van der Waals surface area contributed by atoms with Gasteiger partial charge in [-0.3, -0.25) is 14.5 Å². The number of amides is 2. The molecule has 2 N–H and O–H groups in total. The van der Waals surface area contributed by atoms with Crippen LogP contribution >= 0.6 is 0 Å². The molecule has 7 nitrogen and oxygen atoms in total. The van der Waals surface area contributed by atoms with Crippen molar-refractivity contribution in [1.82, 2.24) is 15.5 Å². The second-order valence-electron chi connectivity index (χ2n) is 7.98. The summed E-state index contributed by atoms with van der Waals surface area (Å²) in [6.45, 7) is 0.312. The maximum Gasteiger partial charge on any atom is 1.00 e. The van der Waals surface area contributed by atoms with Gasteiger partial charge in [-0.2, -0.15) is 0 Å². The minimum atomic E-state index is -1.30. The molecule has 3 aromatic rings. The van der Waals surface area contributed by atoms with Crippen molar-refractivity contribution in [2.45, 2.75) is 31.1 Å². The van der Waals surface area contributed by atoms with E-state index in [0.717, 1.165) is 21.9 Å². The average molecular weight is 453 g/mol. The van der Waals surface area contributed by atoms with Crippen LogP contribution < -0.4 is 45.3 Å². The van der Waals surface area contributed by atoms with Gasteiger partial charge in [0.1, 0.15) is 12.1 Å². The number of carbonyl (C=O) groups is 3. The van der Waals surface area contributed by atoms with E-state index in [9.17, 15) is 19.5 Å². The number of carbonyl (C=O) groups excluding carboxylic acids is 3. The fourth-order valence-corrected chi connectivity index (χ4v) is 4.03. The van der Waals surface area contributed by atoms with Gasteiger partial charge in [0.2, 0.25) is 11.8 Å². The van der Waals surface area contributed by atoms with Crippen molar-refractivity contribution in [1.29, 1.82) is 0 Å². The van der Waals surface area contributed by atoms with Gasteiger partial charge in [-0.15, -0.1) is 0 Å². The first-order chi connectivity index (χ1) is 15.5. The van der Waals surface area contributed by atoms with Crippen LogP contribution in [-0.4, -0.2) is 47.9 Å². The molecule has 0 aromatic heterocycles. The van der Waals surface area contributed by atoms with Crippen LogP contribution in [0.25, 0.3) is 10.8 Å². The largest absolute Gasteiger partial charge is 1.00 e. The Balaban J connectivity index is 0.00000306. The fraction of sp³-hybridized carbons (Fsp3) is 0.240. The minimum Gasteiger partial charge on any atom is -0.548 e. The summed E-state index contributed by atoms with van der Waals surface area (Å²) in [6.07, 6.45) is 0.292. The van der Waals surface area contributed by atoms with Gasteiger partial charge in [-0.25, -0.2) is 0 Å². The molecule has 1 fully saturated rings. The number of hydrogen-bond donors (Lipinski definition) is 2. The molecule has 0 bridgehead atoms. The normalized spacial score (nSPS) is 19.7. The molecule has 1 heterocycles. The van der Waals surface area contributed by atoms with Crippen molar-refractivity contribution >= 4 is 28.6 Å². The number of carboxylic acids is 1. The summed E-state index contributed by atoms with van der Waals surface area (Å²) in [5.41, 5.74) is 1.86. The third kappa shape index (κ3) is 5.81. The Kier molecular flexibility index (Phi) is 8.26. The molecule has 4 rings (SSSR count). The van der Waals surface area contributed by atoms with Crippen LogP contribution in [0.5, 0.6) is 0 Å². The number of nitrogens with zero attached hydrogens (tertiary/aromatic N) is 1. The van der Waals surface area contributed by atoms with E-state index in [0.29, 0.717) is 13.0 Å². The Morgan fingerprint density at radius 2 is 1.61 bits per heavy atom. The summed E-state index contributed by atoms with van der Waals surface area (Å²) >= 11 is 0. The molecular formula is C25H24N3NaO4. The number of hydrogen-bond acceptors (Lipinski definition) is 5. The maximum absolute atomic E-state index is 13.1. The van der Waals surface area contributed by atoms with E-state index in [4.69, 9.17) is 0 Å². The monoisotopic (exact) mass is 453 g/mol. The van der Waals surface area contributed by atoms with Crippen molar-refractivity contribution in [3.8, 4) is 0 Å². The van der Waals surface area contributed by atoms with Gasteiger partial charge < -0.3 is 20.5 Å². The van der Waals surface area contributed by atoms with Crippen LogP contribution in [0.2, 0.25) is 0 Å². The third-order valence-electron chi connectivity index (χ3n) is 5.85. The summed E-state index contributed by atoms with van der Waals surface area (Å²) < 4.78 is 0. The molecule has 164 valence electrons. The zero-order chi connectivity index (χ0) is 22.7. The van der Waals surface area contributed by atoms with E-state index in [1.54, 1.807) is 0 Å². The number of likely N-dealkylation sites (N-methyl/N-ethyl adjacent to an activating group) is 1. The van der Waals surface area contributed by atoms with E-state index in [2.05, 4.69) is 10.6 Å². The van der Waals surface area contributed by atoms with Gasteiger partial charge in [0.15, 0.2) is 0 Å². The molecule has 0 spiro atoms. The van der Waals surface area contributed by atoms with Crippen LogP contribution in [0.1, 0.15) is 11.1 Å². The molecule has 1 saturated heterocycles. The Morgan fingerprint density at radius 1 is 0.939 bits per heavy atom. The number of nitrogens with one attached hydrogen (secondary N) is 2. The molecule has 0 radical (unpaired) electrons. The van der Waals surface area contributed by atoms with Crippen molar-refractivity contribution in [2.24, 2.45) is 0 Å². The minimum absolute atomic E-state index is 0. The van der Waals surface area contributed by atoms with Gasteiger partial charge in [-0.1, -0.05) is 72.8 Å². The van der Waals surface area contributed by atoms with E-state index in [1.807, 2.05) is 72.8 Å². The first kappa shape index (κ1) is 24.9. The molecule has 1 unspecified atom stereocenters. The topological polar surface area (TPSA) is 101 Å². The van der Waals surface area contributed by atoms with Crippen LogP contribution in [0.3, 0.4) is 0 Å². The van der Waals surface area contributed by atoms with Crippen molar-refractivity contribution in [3.63, 3.8) is 0 Å². The maximum atomic E-state index is 13.1. The van der Waals surface area contributed by atoms with E-state index >= 15 is 0 Å². The molecule has 4 atom stereocenters. The quantitative estimate of drug-likeness (QED) is 0.293. The van der Waals surface area contributed by atoms with E-state index in [1.165, 1.54) is 11.9 Å². The predicted molar refractivity (Wildman–Crippen MR) is 118 cm³/mol. The van der Waals surface area contributed by atoms with Gasteiger partial charge in [-0.05, 0) is 28.9 Å². The molecule has 1 aliphatic heterocycles. The summed E-state index contributed by atoms with van der Waals surface area (Å²) in [7, 11) is 1.54. The summed E-state index contributed by atoms with van der Waals surface area (Å²) in [6, 6.07) is 20.6. The van der Waals surface area contributed by atoms with Crippen LogP contribution in [0.4, 0.5) is 0 Å². The standard InChI is InChI=1S/C25H25N3O4.Na/c1-28-21(22(28)25(31)32)24(30)27-20(14-16-8-3-2-4-9-16)23(29)26-15-18-12-7-11-17-10-5-6-13-19(17)18;/h2-13,20-22H,14-15H2,1H3,(H,26,29)(H,27,30)(H,31,32);/q;+1/p-1/t20-,21-,22-,28?;/m0./s1. The third-order valence-corrected chi connectivity index (χ3v) is 5.85. The van der Waals surface area contributed by atoms with Crippen molar-refractivity contribution < 1.29 is 49.0 Å². The first-order valence-electron chi connectivity index (χ1n) is 10.5. The Labute approximate surface area is 214 Å². The zero-order valence-corrected chi connectivity index (χ0v) is 20.7. The number of carboxylic acid groups (broad SMARTS) is 1. The van der Waals surface area contributed by atoms with E-state index in [-0.39, 0.29) is 35.5 Å². The molecular weight excluding hydrogens is 429 g/mol. The van der Waals surface area contributed by atoms with Gasteiger partial charge in [0.05, 0.1) is 12.0 Å². The van der Waals surface area contributed by atoms with Gasteiger partial charge >= 0.3 is 29.6 Å². The molecule has 3 aromatic carbocycles. The van der Waals surface area contributed by atoms with Gasteiger partial charge in [0.25, 0.3) is 0 Å². The van der Waals surface area contributed by atoms with Crippen molar-refractivity contribution in [3.05, 3.63) is 83.9 Å². The Hall–Kier alpha value is -2.71. The van der Waals surface area contributed by atoms with Gasteiger partial charge in [0, 0.05) is 13.0 Å². The van der Waals surface area contributed by atoms with Crippen molar-refractivity contribution in [2.75, 3.05) is 7.05 Å². The number of aliphatic carboxylic acids is 1. The second kappa shape index (κ2) is 10.9. The van der Waals surface area contributed by atoms with E-state index < -0.39 is 30.0 Å². The van der Waals surface area contributed by atoms with Crippen LogP contribution in [0, 0.1) is 0 Å². The smallest absolute Gasteiger partial charge is 0.548 e. The number of fused-ring (bicyclic) bond motifs is 1. The average Bonchev–Trinajstić information content (AvgIpc) is 3.49. The molecule has 1 aliphatic rings. The molecule has 8 heteroatoms. The Morgan fingerprint density at radius 3 is 2.30 bits per heavy atom. The first-order valence-corrected chi connectivity index (χ1v) is 10.5. The molecule has 2 amide bonds. The SMILES string of the molecule is CN1[C@H](C(=O)[O-])[C@H]1C(=O)N[C@@H](Cc1ccccc1)C(=O)NCc1cccc2ccccc12.[Na+]. The summed E-state index contributed by atoms with van der Waals surface area (Å²) in [4.78, 5) is 38.3. The van der Waals surface area contributed by atoms with Crippen LogP contribution in [0.15, 0.2) is 72.8 Å². The number of benzene rings is 3. The number of rotatable bonds is 8. The molecule has 33 heavy (non-hydrogen) atoms. The zero-order valence-electron chi connectivity index (χ0n) is 18.7. The molecule has 0 aliphatic carbocycles. The predicted octanol–water partition coefficient (Wildman–Crippen LogP) is -2.38. The Bertz CT molecular complexity index is 1150. The fourth-order valence-electron chi connectivity index (χ4n) is 4.03. The molecule has 0 saturated carbocycles.